The van der Waals surface area contributed by atoms with Crippen molar-refractivity contribution in [2.75, 3.05) is 13.1 Å². The molecule has 0 aliphatic carbocycles. The monoisotopic (exact) mass is 176 g/mol. The fourth-order valence-corrected chi connectivity index (χ4v) is 1.02. The van der Waals surface area contributed by atoms with Crippen molar-refractivity contribution in [3.05, 3.63) is 11.6 Å². The number of hydrogen-bond acceptors (Lipinski definition) is 2. The van der Waals surface area contributed by atoms with Crippen LogP contribution in [-0.2, 0) is 0 Å². The molecule has 0 saturated carbocycles. The molecular formula is C7H7F3N2. The Bertz CT molecular complexity index is 236. The first kappa shape index (κ1) is 8.91. The Kier molecular flexibility index (Phi) is 2.27. The highest BCUT2D eigenvalue weighted by atomic mass is 19.4. The lowest BCUT2D eigenvalue weighted by Crippen LogP contribution is -2.28. The van der Waals surface area contributed by atoms with Crippen molar-refractivity contribution in [1.29, 1.82) is 5.26 Å². The minimum atomic E-state index is -4.22. The van der Waals surface area contributed by atoms with Crippen molar-refractivity contribution < 1.29 is 13.2 Å². The van der Waals surface area contributed by atoms with Gasteiger partial charge in [0, 0.05) is 18.7 Å². The summed E-state index contributed by atoms with van der Waals surface area (Å²) in [5, 5.41) is 8.35. The van der Waals surface area contributed by atoms with E-state index in [0.717, 1.165) is 6.08 Å². The minimum Gasteiger partial charge on any atom is -0.306 e. The van der Waals surface area contributed by atoms with Gasteiger partial charge < -0.3 is 4.90 Å². The summed E-state index contributed by atoms with van der Waals surface area (Å²) in [7, 11) is 0. The van der Waals surface area contributed by atoms with Crippen LogP contribution in [0.25, 0.3) is 0 Å². The second kappa shape index (κ2) is 3.05. The summed E-state index contributed by atoms with van der Waals surface area (Å²) in [4.78, 5) is 1.29. The van der Waals surface area contributed by atoms with Crippen LogP contribution in [0.2, 0.25) is 0 Å². The van der Waals surface area contributed by atoms with E-state index in [9.17, 15) is 13.2 Å². The Morgan fingerprint density at radius 3 is 2.50 bits per heavy atom. The molecule has 0 N–H and O–H groups in total. The molecule has 0 radical (unpaired) electrons. The number of nitriles is 1. The lowest BCUT2D eigenvalue weighted by atomic mass is 10.1. The SMILES string of the molecule is N#CN1CC=C(C(F)(F)F)CC1. The van der Waals surface area contributed by atoms with Gasteiger partial charge in [0.05, 0.1) is 0 Å². The van der Waals surface area contributed by atoms with Crippen LogP contribution in [0.15, 0.2) is 11.6 Å². The van der Waals surface area contributed by atoms with E-state index in [1.165, 1.54) is 4.90 Å². The Balaban J connectivity index is 2.64. The summed E-state index contributed by atoms with van der Waals surface area (Å²) < 4.78 is 36.0. The number of alkyl halides is 3. The molecule has 0 atom stereocenters. The van der Waals surface area contributed by atoms with Crippen molar-refractivity contribution in [1.82, 2.24) is 4.90 Å². The first-order valence-corrected chi connectivity index (χ1v) is 3.45. The maximum Gasteiger partial charge on any atom is 0.412 e. The zero-order valence-corrected chi connectivity index (χ0v) is 6.23. The van der Waals surface area contributed by atoms with Gasteiger partial charge in [-0.15, -0.1) is 0 Å². The molecule has 0 aromatic heterocycles. The maximum absolute atomic E-state index is 12.0. The van der Waals surface area contributed by atoms with E-state index in [0.29, 0.717) is 0 Å². The molecule has 5 heteroatoms. The largest absolute Gasteiger partial charge is 0.412 e. The van der Waals surface area contributed by atoms with Gasteiger partial charge in [-0.1, -0.05) is 6.08 Å². The van der Waals surface area contributed by atoms with Gasteiger partial charge in [-0.3, -0.25) is 0 Å². The topological polar surface area (TPSA) is 27.0 Å². The van der Waals surface area contributed by atoms with Gasteiger partial charge in [0.25, 0.3) is 0 Å². The van der Waals surface area contributed by atoms with E-state index >= 15 is 0 Å². The Morgan fingerprint density at radius 2 is 2.17 bits per heavy atom. The van der Waals surface area contributed by atoms with Gasteiger partial charge >= 0.3 is 6.18 Å². The molecule has 0 amide bonds. The van der Waals surface area contributed by atoms with Crippen LogP contribution in [0.4, 0.5) is 13.2 Å². The molecule has 0 aromatic rings. The van der Waals surface area contributed by atoms with Crippen LogP contribution in [0.5, 0.6) is 0 Å². The van der Waals surface area contributed by atoms with Gasteiger partial charge in [-0.2, -0.15) is 18.4 Å². The fourth-order valence-electron chi connectivity index (χ4n) is 1.02. The Hall–Kier alpha value is -1.18. The zero-order chi connectivity index (χ0) is 9.19. The van der Waals surface area contributed by atoms with Crippen molar-refractivity contribution in [3.63, 3.8) is 0 Å². The number of nitrogens with zero attached hydrogens (tertiary/aromatic N) is 2. The van der Waals surface area contributed by atoms with Crippen molar-refractivity contribution in [2.24, 2.45) is 0 Å². The molecule has 1 heterocycles. The van der Waals surface area contributed by atoms with Gasteiger partial charge in [-0.25, -0.2) is 0 Å². The Labute approximate surface area is 67.9 Å². The third-order valence-corrected chi connectivity index (χ3v) is 1.71. The average Bonchev–Trinajstić information content (AvgIpc) is 2.03. The van der Waals surface area contributed by atoms with Gasteiger partial charge in [0.2, 0.25) is 0 Å². The molecule has 1 aliphatic rings. The van der Waals surface area contributed by atoms with Crippen molar-refractivity contribution >= 4 is 0 Å². The molecule has 2 nitrogen and oxygen atoms in total. The summed E-state index contributed by atoms with van der Waals surface area (Å²) in [6.07, 6.45) is -1.45. The van der Waals surface area contributed by atoms with E-state index in [-0.39, 0.29) is 19.5 Å². The number of halogens is 3. The second-order valence-corrected chi connectivity index (χ2v) is 2.52. The predicted molar refractivity (Wildman–Crippen MR) is 35.9 cm³/mol. The van der Waals surface area contributed by atoms with Crippen LogP contribution in [-0.4, -0.2) is 24.2 Å². The molecule has 0 saturated heterocycles. The summed E-state index contributed by atoms with van der Waals surface area (Å²) in [6.45, 7) is 0.243. The summed E-state index contributed by atoms with van der Waals surface area (Å²) >= 11 is 0. The Morgan fingerprint density at radius 1 is 1.50 bits per heavy atom. The highest BCUT2D eigenvalue weighted by molar-refractivity contribution is 5.14. The normalized spacial score (nSPS) is 18.5. The van der Waals surface area contributed by atoms with E-state index < -0.39 is 11.7 Å². The minimum absolute atomic E-state index is 0.0747. The van der Waals surface area contributed by atoms with E-state index in [2.05, 4.69) is 0 Å². The van der Waals surface area contributed by atoms with Crippen LogP contribution in [0, 0.1) is 11.5 Å². The van der Waals surface area contributed by atoms with Gasteiger partial charge in [0.1, 0.15) is 0 Å². The molecule has 1 rings (SSSR count). The van der Waals surface area contributed by atoms with E-state index in [1.807, 2.05) is 0 Å². The highest BCUT2D eigenvalue weighted by Gasteiger charge is 2.34. The van der Waals surface area contributed by atoms with E-state index in [4.69, 9.17) is 5.26 Å². The molecule has 12 heavy (non-hydrogen) atoms. The first-order chi connectivity index (χ1) is 5.54. The molecule has 0 bridgehead atoms. The first-order valence-electron chi connectivity index (χ1n) is 3.45. The highest BCUT2D eigenvalue weighted by Crippen LogP contribution is 2.29. The number of rotatable bonds is 0. The molecule has 0 unspecified atom stereocenters. The second-order valence-electron chi connectivity index (χ2n) is 2.52. The van der Waals surface area contributed by atoms with Crippen LogP contribution >= 0.6 is 0 Å². The smallest absolute Gasteiger partial charge is 0.306 e. The maximum atomic E-state index is 12.0. The van der Waals surface area contributed by atoms with Crippen molar-refractivity contribution in [3.8, 4) is 6.19 Å². The zero-order valence-electron chi connectivity index (χ0n) is 6.23. The fraction of sp³-hybridized carbons (Fsp3) is 0.571. The van der Waals surface area contributed by atoms with Crippen LogP contribution in [0.1, 0.15) is 6.42 Å². The van der Waals surface area contributed by atoms with Crippen LogP contribution < -0.4 is 0 Å². The lowest BCUT2D eigenvalue weighted by molar-refractivity contribution is -0.0955. The standard InChI is InChI=1S/C7H7F3N2/c8-7(9,10)6-1-3-12(5-11)4-2-6/h1H,2-4H2. The third kappa shape index (κ3) is 1.91. The van der Waals surface area contributed by atoms with Crippen molar-refractivity contribution in [2.45, 2.75) is 12.6 Å². The summed E-state index contributed by atoms with van der Waals surface area (Å²) in [5.41, 5.74) is -0.519. The summed E-state index contributed by atoms with van der Waals surface area (Å²) in [5.74, 6) is 0. The molecule has 66 valence electrons. The third-order valence-electron chi connectivity index (χ3n) is 1.71. The van der Waals surface area contributed by atoms with Crippen LogP contribution in [0.3, 0.4) is 0 Å². The molecule has 0 aromatic carbocycles. The predicted octanol–water partition coefficient (Wildman–Crippen LogP) is 1.66. The lowest BCUT2D eigenvalue weighted by Gasteiger charge is -2.22. The molecule has 1 aliphatic heterocycles. The number of hydrogen-bond donors (Lipinski definition) is 0. The van der Waals surface area contributed by atoms with Gasteiger partial charge in [-0.05, 0) is 6.42 Å². The molecule has 0 spiro atoms. The average molecular weight is 176 g/mol. The quantitative estimate of drug-likeness (QED) is 0.414. The molecular weight excluding hydrogens is 169 g/mol. The summed E-state index contributed by atoms with van der Waals surface area (Å²) in [6, 6.07) is 0. The molecule has 0 fully saturated rings. The van der Waals surface area contributed by atoms with Gasteiger partial charge in [0.15, 0.2) is 6.19 Å². The van der Waals surface area contributed by atoms with E-state index in [1.54, 1.807) is 6.19 Å².